The zero-order valence-electron chi connectivity index (χ0n) is 10.4. The molecule has 0 aromatic heterocycles. The molecular weight excluding hydrogens is 204 g/mol. The van der Waals surface area contributed by atoms with Gasteiger partial charge in [0.25, 0.3) is 0 Å². The van der Waals surface area contributed by atoms with Crippen molar-refractivity contribution in [2.45, 2.75) is 51.6 Å². The zero-order chi connectivity index (χ0) is 12.0. The number of aliphatic hydroxyl groups excluding tert-OH is 1. The lowest BCUT2D eigenvalue weighted by Gasteiger charge is -2.23. The van der Waals surface area contributed by atoms with Gasteiger partial charge < -0.3 is 15.3 Å². The van der Waals surface area contributed by atoms with Crippen LogP contribution in [0.5, 0.6) is 0 Å². The van der Waals surface area contributed by atoms with E-state index in [1.54, 1.807) is 0 Å². The van der Waals surface area contributed by atoms with Gasteiger partial charge in [0, 0.05) is 19.0 Å². The Morgan fingerprint density at radius 3 is 2.94 bits per heavy atom. The monoisotopic (exact) mass is 228 g/mol. The Morgan fingerprint density at radius 2 is 2.31 bits per heavy atom. The molecule has 1 aliphatic rings. The van der Waals surface area contributed by atoms with Gasteiger partial charge in [0.2, 0.25) is 5.91 Å². The SMILES string of the molecule is CC(C)NCCCC(=O)N1CCCC1CO. The highest BCUT2D eigenvalue weighted by atomic mass is 16.3. The van der Waals surface area contributed by atoms with E-state index >= 15 is 0 Å². The van der Waals surface area contributed by atoms with Gasteiger partial charge >= 0.3 is 0 Å². The highest BCUT2D eigenvalue weighted by molar-refractivity contribution is 5.76. The summed E-state index contributed by atoms with van der Waals surface area (Å²) in [6.45, 7) is 6.02. The summed E-state index contributed by atoms with van der Waals surface area (Å²) in [7, 11) is 0. The lowest BCUT2D eigenvalue weighted by Crippen LogP contribution is -2.37. The number of amides is 1. The number of likely N-dealkylation sites (tertiary alicyclic amines) is 1. The van der Waals surface area contributed by atoms with Crippen molar-refractivity contribution < 1.29 is 9.90 Å². The van der Waals surface area contributed by atoms with Crippen LogP contribution in [0.3, 0.4) is 0 Å². The van der Waals surface area contributed by atoms with Crippen molar-refractivity contribution >= 4 is 5.91 Å². The summed E-state index contributed by atoms with van der Waals surface area (Å²) in [6.07, 6.45) is 3.45. The number of hydrogen-bond acceptors (Lipinski definition) is 3. The Bertz CT molecular complexity index is 219. The third-order valence-electron chi connectivity index (χ3n) is 3.03. The predicted molar refractivity (Wildman–Crippen MR) is 64.2 cm³/mol. The fourth-order valence-corrected chi connectivity index (χ4v) is 2.13. The van der Waals surface area contributed by atoms with Crippen LogP contribution in [-0.4, -0.2) is 47.7 Å². The molecule has 1 saturated heterocycles. The summed E-state index contributed by atoms with van der Waals surface area (Å²) < 4.78 is 0. The van der Waals surface area contributed by atoms with E-state index in [0.717, 1.165) is 32.4 Å². The van der Waals surface area contributed by atoms with Gasteiger partial charge in [0.1, 0.15) is 0 Å². The van der Waals surface area contributed by atoms with E-state index in [4.69, 9.17) is 5.11 Å². The highest BCUT2D eigenvalue weighted by Crippen LogP contribution is 2.17. The first-order valence-electron chi connectivity index (χ1n) is 6.29. The lowest BCUT2D eigenvalue weighted by molar-refractivity contribution is -0.132. The molecule has 1 amide bonds. The van der Waals surface area contributed by atoms with E-state index in [-0.39, 0.29) is 18.6 Å². The molecule has 1 aliphatic heterocycles. The van der Waals surface area contributed by atoms with Gasteiger partial charge in [-0.15, -0.1) is 0 Å². The second kappa shape index (κ2) is 6.86. The molecule has 0 spiro atoms. The summed E-state index contributed by atoms with van der Waals surface area (Å²) in [5, 5.41) is 12.4. The molecule has 1 rings (SSSR count). The first kappa shape index (κ1) is 13.5. The molecule has 1 heterocycles. The first-order valence-corrected chi connectivity index (χ1v) is 6.29. The largest absolute Gasteiger partial charge is 0.394 e. The standard InChI is InChI=1S/C12H24N2O2/c1-10(2)13-7-3-6-12(16)14-8-4-5-11(14)9-15/h10-11,13,15H,3-9H2,1-2H3. The molecule has 0 aromatic rings. The molecule has 0 bridgehead atoms. The topological polar surface area (TPSA) is 52.6 Å². The number of carbonyl (C=O) groups is 1. The Labute approximate surface area is 98.0 Å². The third-order valence-corrected chi connectivity index (χ3v) is 3.03. The van der Waals surface area contributed by atoms with Crippen molar-refractivity contribution in [3.8, 4) is 0 Å². The third kappa shape index (κ3) is 4.10. The Morgan fingerprint density at radius 1 is 1.56 bits per heavy atom. The molecule has 1 atom stereocenters. The number of hydrogen-bond donors (Lipinski definition) is 2. The number of carbonyl (C=O) groups excluding carboxylic acids is 1. The van der Waals surface area contributed by atoms with E-state index in [1.165, 1.54) is 0 Å². The summed E-state index contributed by atoms with van der Waals surface area (Å²) in [6, 6.07) is 0.553. The van der Waals surface area contributed by atoms with Crippen molar-refractivity contribution in [3.63, 3.8) is 0 Å². The van der Waals surface area contributed by atoms with Crippen LogP contribution >= 0.6 is 0 Å². The molecule has 0 aromatic carbocycles. The van der Waals surface area contributed by atoms with Crippen LogP contribution in [0.1, 0.15) is 39.5 Å². The summed E-state index contributed by atoms with van der Waals surface area (Å²) in [5.41, 5.74) is 0. The minimum absolute atomic E-state index is 0.0746. The first-order chi connectivity index (χ1) is 7.65. The molecule has 94 valence electrons. The van der Waals surface area contributed by atoms with Crippen LogP contribution in [0.4, 0.5) is 0 Å². The summed E-state index contributed by atoms with van der Waals surface area (Å²) in [4.78, 5) is 13.7. The number of nitrogens with zero attached hydrogens (tertiary/aromatic N) is 1. The van der Waals surface area contributed by atoms with Crippen LogP contribution in [0.2, 0.25) is 0 Å². The van der Waals surface area contributed by atoms with E-state index in [2.05, 4.69) is 19.2 Å². The quantitative estimate of drug-likeness (QED) is 0.660. The Kier molecular flexibility index (Phi) is 5.77. The van der Waals surface area contributed by atoms with E-state index in [9.17, 15) is 4.79 Å². The molecule has 4 nitrogen and oxygen atoms in total. The number of nitrogens with one attached hydrogen (secondary N) is 1. The van der Waals surface area contributed by atoms with Crippen LogP contribution in [-0.2, 0) is 4.79 Å². The van der Waals surface area contributed by atoms with Gasteiger partial charge in [0.15, 0.2) is 0 Å². The number of rotatable bonds is 6. The maximum atomic E-state index is 11.8. The molecular formula is C12H24N2O2. The number of aliphatic hydroxyl groups is 1. The van der Waals surface area contributed by atoms with Gasteiger partial charge in [-0.05, 0) is 25.8 Å². The van der Waals surface area contributed by atoms with Crippen molar-refractivity contribution in [2.75, 3.05) is 19.7 Å². The maximum absolute atomic E-state index is 11.8. The average molecular weight is 228 g/mol. The second-order valence-corrected chi connectivity index (χ2v) is 4.78. The van der Waals surface area contributed by atoms with Crippen LogP contribution in [0.15, 0.2) is 0 Å². The van der Waals surface area contributed by atoms with Crippen molar-refractivity contribution in [2.24, 2.45) is 0 Å². The molecule has 0 radical (unpaired) electrons. The van der Waals surface area contributed by atoms with E-state index in [0.29, 0.717) is 12.5 Å². The zero-order valence-corrected chi connectivity index (χ0v) is 10.4. The molecule has 2 N–H and O–H groups in total. The van der Waals surface area contributed by atoms with Crippen molar-refractivity contribution in [3.05, 3.63) is 0 Å². The average Bonchev–Trinajstić information content (AvgIpc) is 2.71. The molecule has 0 aliphatic carbocycles. The normalized spacial score (nSPS) is 20.8. The summed E-state index contributed by atoms with van der Waals surface area (Å²) in [5.74, 6) is 0.196. The van der Waals surface area contributed by atoms with Crippen molar-refractivity contribution in [1.82, 2.24) is 10.2 Å². The molecule has 1 fully saturated rings. The fraction of sp³-hybridized carbons (Fsp3) is 0.917. The van der Waals surface area contributed by atoms with Crippen LogP contribution < -0.4 is 5.32 Å². The summed E-state index contributed by atoms with van der Waals surface area (Å²) >= 11 is 0. The Hall–Kier alpha value is -0.610. The Balaban J connectivity index is 2.19. The molecule has 4 heteroatoms. The minimum atomic E-state index is 0.0746. The second-order valence-electron chi connectivity index (χ2n) is 4.78. The van der Waals surface area contributed by atoms with E-state index in [1.807, 2.05) is 4.90 Å². The van der Waals surface area contributed by atoms with Crippen molar-refractivity contribution in [1.29, 1.82) is 0 Å². The van der Waals surface area contributed by atoms with Crippen LogP contribution in [0, 0.1) is 0 Å². The van der Waals surface area contributed by atoms with Gasteiger partial charge in [-0.3, -0.25) is 4.79 Å². The lowest BCUT2D eigenvalue weighted by atomic mass is 10.2. The van der Waals surface area contributed by atoms with Gasteiger partial charge in [-0.2, -0.15) is 0 Å². The molecule has 16 heavy (non-hydrogen) atoms. The minimum Gasteiger partial charge on any atom is -0.394 e. The maximum Gasteiger partial charge on any atom is 0.222 e. The van der Waals surface area contributed by atoms with Gasteiger partial charge in [0.05, 0.1) is 12.6 Å². The van der Waals surface area contributed by atoms with E-state index < -0.39 is 0 Å². The predicted octanol–water partition coefficient (Wildman–Crippen LogP) is 0.748. The van der Waals surface area contributed by atoms with Crippen LogP contribution in [0.25, 0.3) is 0 Å². The van der Waals surface area contributed by atoms with Gasteiger partial charge in [-0.25, -0.2) is 0 Å². The smallest absolute Gasteiger partial charge is 0.222 e. The van der Waals surface area contributed by atoms with Gasteiger partial charge in [-0.1, -0.05) is 13.8 Å². The molecule has 0 saturated carbocycles. The molecule has 1 unspecified atom stereocenters. The fourth-order valence-electron chi connectivity index (χ4n) is 2.13. The highest BCUT2D eigenvalue weighted by Gasteiger charge is 2.27.